The Hall–Kier alpha value is -2.68. The van der Waals surface area contributed by atoms with Crippen LogP contribution in [-0.4, -0.2) is 27.7 Å². The van der Waals surface area contributed by atoms with E-state index in [9.17, 15) is 16.8 Å². The van der Waals surface area contributed by atoms with Crippen molar-refractivity contribution in [2.45, 2.75) is 50.5 Å². The maximum Gasteiger partial charge on any atom is 0.262 e. The van der Waals surface area contributed by atoms with Gasteiger partial charge in [0, 0.05) is 18.8 Å². The fourth-order valence-corrected chi connectivity index (χ4v) is 6.87. The second kappa shape index (κ2) is 8.59. The molecule has 1 aliphatic rings. The number of hydrogen-bond acceptors (Lipinski definition) is 4. The standard InChI is InChI=1S/C25H28N2O4S2/c1-17-5-9-24(10-6-17)33(30,31)27-12-11-21-7-8-23(15-22(21)16-27)26-32(28,29)25-14-19(3)18(2)13-20(25)4/h5-10,13-15,26H,11-12,16H2,1-4H3. The summed E-state index contributed by atoms with van der Waals surface area (Å²) in [5.74, 6) is 0. The van der Waals surface area contributed by atoms with Gasteiger partial charge in [0.1, 0.15) is 0 Å². The zero-order valence-corrected chi connectivity index (χ0v) is 20.8. The van der Waals surface area contributed by atoms with Crippen molar-refractivity contribution >= 4 is 25.7 Å². The van der Waals surface area contributed by atoms with Crippen molar-refractivity contribution in [1.82, 2.24) is 4.31 Å². The van der Waals surface area contributed by atoms with Crippen LogP contribution in [0.4, 0.5) is 5.69 Å². The van der Waals surface area contributed by atoms with Gasteiger partial charge in [0.2, 0.25) is 10.0 Å². The van der Waals surface area contributed by atoms with E-state index >= 15 is 0 Å². The summed E-state index contributed by atoms with van der Waals surface area (Å²) in [6.45, 7) is 8.11. The van der Waals surface area contributed by atoms with E-state index in [1.54, 1.807) is 49.4 Å². The molecule has 0 aromatic heterocycles. The van der Waals surface area contributed by atoms with Crippen molar-refractivity contribution in [3.05, 3.63) is 88.0 Å². The SMILES string of the molecule is Cc1ccc(S(=O)(=O)N2CCc3ccc(NS(=O)(=O)c4cc(C)c(C)cc4C)cc3C2)cc1. The Labute approximate surface area is 196 Å². The first-order valence-electron chi connectivity index (χ1n) is 10.8. The summed E-state index contributed by atoms with van der Waals surface area (Å²) in [5.41, 5.74) is 5.86. The van der Waals surface area contributed by atoms with E-state index in [2.05, 4.69) is 4.72 Å². The molecule has 0 atom stereocenters. The number of aryl methyl sites for hydroxylation is 4. The van der Waals surface area contributed by atoms with E-state index in [-0.39, 0.29) is 16.3 Å². The van der Waals surface area contributed by atoms with E-state index in [4.69, 9.17) is 0 Å². The van der Waals surface area contributed by atoms with Gasteiger partial charge in [-0.1, -0.05) is 29.8 Å². The number of fused-ring (bicyclic) bond motifs is 1. The molecule has 0 amide bonds. The largest absolute Gasteiger partial charge is 0.280 e. The average Bonchev–Trinajstić information content (AvgIpc) is 2.75. The summed E-state index contributed by atoms with van der Waals surface area (Å²) >= 11 is 0. The van der Waals surface area contributed by atoms with Gasteiger partial charge >= 0.3 is 0 Å². The predicted molar refractivity (Wildman–Crippen MR) is 130 cm³/mol. The smallest absolute Gasteiger partial charge is 0.262 e. The van der Waals surface area contributed by atoms with E-state index in [0.717, 1.165) is 27.8 Å². The Morgan fingerprint density at radius 1 is 0.758 bits per heavy atom. The first-order valence-corrected chi connectivity index (χ1v) is 13.7. The molecule has 0 aliphatic carbocycles. The quantitative estimate of drug-likeness (QED) is 0.579. The number of nitrogens with one attached hydrogen (secondary N) is 1. The monoisotopic (exact) mass is 484 g/mol. The summed E-state index contributed by atoms with van der Waals surface area (Å²) in [6, 6.07) is 15.7. The summed E-state index contributed by atoms with van der Waals surface area (Å²) in [6.07, 6.45) is 0.573. The fourth-order valence-electron chi connectivity index (χ4n) is 4.09. The van der Waals surface area contributed by atoms with Gasteiger partial charge in [0.05, 0.1) is 9.79 Å². The van der Waals surface area contributed by atoms with Crippen LogP contribution in [0.25, 0.3) is 0 Å². The molecule has 0 saturated heterocycles. The molecule has 174 valence electrons. The molecular formula is C25H28N2O4S2. The first-order chi connectivity index (χ1) is 15.5. The zero-order valence-electron chi connectivity index (χ0n) is 19.2. The van der Waals surface area contributed by atoms with Crippen molar-refractivity contribution in [2.75, 3.05) is 11.3 Å². The summed E-state index contributed by atoms with van der Waals surface area (Å²) in [4.78, 5) is 0.505. The van der Waals surface area contributed by atoms with Crippen LogP contribution in [0.1, 0.15) is 33.4 Å². The molecule has 0 unspecified atom stereocenters. The molecule has 0 fully saturated rings. The van der Waals surface area contributed by atoms with Gasteiger partial charge in [-0.2, -0.15) is 4.31 Å². The first kappa shape index (κ1) is 23.5. The number of nitrogens with zero attached hydrogens (tertiary/aromatic N) is 1. The maximum absolute atomic E-state index is 13.1. The van der Waals surface area contributed by atoms with Gasteiger partial charge in [-0.15, -0.1) is 0 Å². The lowest BCUT2D eigenvalue weighted by atomic mass is 10.0. The van der Waals surface area contributed by atoms with E-state index in [0.29, 0.717) is 24.2 Å². The highest BCUT2D eigenvalue weighted by molar-refractivity contribution is 7.92. The number of anilines is 1. The summed E-state index contributed by atoms with van der Waals surface area (Å²) in [5, 5.41) is 0. The third kappa shape index (κ3) is 4.69. The van der Waals surface area contributed by atoms with Crippen LogP contribution in [0.15, 0.2) is 64.4 Å². The van der Waals surface area contributed by atoms with E-state index in [1.807, 2.05) is 32.9 Å². The van der Waals surface area contributed by atoms with Gasteiger partial charge in [-0.05, 0) is 92.3 Å². The Balaban J connectivity index is 1.61. The highest BCUT2D eigenvalue weighted by Gasteiger charge is 2.29. The molecule has 8 heteroatoms. The minimum Gasteiger partial charge on any atom is -0.280 e. The Morgan fingerprint density at radius 3 is 2.12 bits per heavy atom. The van der Waals surface area contributed by atoms with Gasteiger partial charge in [0.25, 0.3) is 10.0 Å². The Morgan fingerprint density at radius 2 is 1.42 bits per heavy atom. The molecule has 1 N–H and O–H groups in total. The highest BCUT2D eigenvalue weighted by atomic mass is 32.2. The van der Waals surface area contributed by atoms with Crippen molar-refractivity contribution in [2.24, 2.45) is 0 Å². The van der Waals surface area contributed by atoms with Crippen molar-refractivity contribution < 1.29 is 16.8 Å². The third-order valence-electron chi connectivity index (χ3n) is 6.18. The summed E-state index contributed by atoms with van der Waals surface area (Å²) < 4.78 is 56.5. The third-order valence-corrected chi connectivity index (χ3v) is 9.56. The lowest BCUT2D eigenvalue weighted by Gasteiger charge is -2.28. The molecule has 33 heavy (non-hydrogen) atoms. The van der Waals surface area contributed by atoms with Crippen LogP contribution in [0.2, 0.25) is 0 Å². The minimum absolute atomic E-state index is 0.198. The van der Waals surface area contributed by atoms with Crippen molar-refractivity contribution in [1.29, 1.82) is 0 Å². The molecule has 4 rings (SSSR count). The zero-order chi connectivity index (χ0) is 24.0. The maximum atomic E-state index is 13.1. The Kier molecular flexibility index (Phi) is 6.11. The van der Waals surface area contributed by atoms with Crippen LogP contribution in [0, 0.1) is 27.7 Å². The normalized spacial score (nSPS) is 14.7. The predicted octanol–water partition coefficient (Wildman–Crippen LogP) is 4.47. The molecule has 3 aromatic rings. The molecule has 0 radical (unpaired) electrons. The Bertz CT molecular complexity index is 1430. The molecule has 0 spiro atoms. The molecule has 0 saturated carbocycles. The number of hydrogen-bond donors (Lipinski definition) is 1. The molecule has 1 heterocycles. The lowest BCUT2D eigenvalue weighted by Crippen LogP contribution is -2.36. The van der Waals surface area contributed by atoms with Crippen LogP contribution < -0.4 is 4.72 Å². The van der Waals surface area contributed by atoms with E-state index in [1.165, 1.54) is 4.31 Å². The van der Waals surface area contributed by atoms with Crippen LogP contribution >= 0.6 is 0 Å². The van der Waals surface area contributed by atoms with Gasteiger partial charge in [0.15, 0.2) is 0 Å². The average molecular weight is 485 g/mol. The van der Waals surface area contributed by atoms with Crippen LogP contribution in [0.5, 0.6) is 0 Å². The highest BCUT2D eigenvalue weighted by Crippen LogP contribution is 2.29. The molecular weight excluding hydrogens is 456 g/mol. The molecule has 0 bridgehead atoms. The second-order valence-corrected chi connectivity index (χ2v) is 12.3. The van der Waals surface area contributed by atoms with E-state index < -0.39 is 20.0 Å². The lowest BCUT2D eigenvalue weighted by molar-refractivity contribution is 0.391. The van der Waals surface area contributed by atoms with Crippen molar-refractivity contribution in [3.8, 4) is 0 Å². The van der Waals surface area contributed by atoms with Gasteiger partial charge < -0.3 is 0 Å². The second-order valence-electron chi connectivity index (χ2n) is 8.69. The van der Waals surface area contributed by atoms with Crippen LogP contribution in [0.3, 0.4) is 0 Å². The minimum atomic E-state index is -3.78. The molecule has 6 nitrogen and oxygen atoms in total. The van der Waals surface area contributed by atoms with Crippen LogP contribution in [-0.2, 0) is 33.0 Å². The fraction of sp³-hybridized carbons (Fsp3) is 0.280. The van der Waals surface area contributed by atoms with Crippen molar-refractivity contribution in [3.63, 3.8) is 0 Å². The summed E-state index contributed by atoms with van der Waals surface area (Å²) in [7, 11) is -7.41. The number of benzene rings is 3. The topological polar surface area (TPSA) is 83.6 Å². The molecule has 1 aliphatic heterocycles. The number of sulfonamides is 2. The van der Waals surface area contributed by atoms with Gasteiger partial charge in [-0.25, -0.2) is 16.8 Å². The number of rotatable bonds is 5. The molecule has 3 aromatic carbocycles. The van der Waals surface area contributed by atoms with Gasteiger partial charge in [-0.3, -0.25) is 4.72 Å².